The number of benzene rings is 1. The molecule has 22 heavy (non-hydrogen) atoms. The van der Waals surface area contributed by atoms with E-state index in [4.69, 9.17) is 10.5 Å². The molecule has 0 aromatic heterocycles. The Hall–Kier alpha value is -1.26. The van der Waals surface area contributed by atoms with Gasteiger partial charge in [-0.3, -0.25) is 10.1 Å². The van der Waals surface area contributed by atoms with Crippen LogP contribution in [-0.4, -0.2) is 50.0 Å². The Labute approximate surface area is 134 Å². The van der Waals surface area contributed by atoms with Crippen molar-refractivity contribution in [3.63, 3.8) is 0 Å². The number of sulfonamides is 1. The van der Waals surface area contributed by atoms with Crippen LogP contribution in [0.1, 0.15) is 5.56 Å². The number of rotatable bonds is 4. The van der Waals surface area contributed by atoms with Crippen LogP contribution in [0.25, 0.3) is 0 Å². The Morgan fingerprint density at radius 1 is 1.50 bits per heavy atom. The van der Waals surface area contributed by atoms with Crippen LogP contribution in [0.5, 0.6) is 0 Å². The Bertz CT molecular complexity index is 652. The van der Waals surface area contributed by atoms with Crippen molar-refractivity contribution in [2.45, 2.75) is 17.9 Å². The van der Waals surface area contributed by atoms with Crippen molar-refractivity contribution < 1.29 is 18.1 Å². The molecule has 8 nitrogen and oxygen atoms in total. The third-order valence-corrected chi connectivity index (χ3v) is 5.41. The normalized spacial score (nSPS) is 19.5. The van der Waals surface area contributed by atoms with Crippen molar-refractivity contribution in [3.8, 4) is 0 Å². The zero-order valence-electron chi connectivity index (χ0n) is 12.0. The van der Waals surface area contributed by atoms with E-state index in [-0.39, 0.29) is 43.5 Å². The first kappa shape index (κ1) is 18.8. The highest BCUT2D eigenvalue weighted by Crippen LogP contribution is 2.30. The predicted octanol–water partition coefficient (Wildman–Crippen LogP) is 0.673. The molecule has 0 saturated carbocycles. The number of nitrogens with two attached hydrogens (primary N) is 1. The number of nitro groups is 1. The van der Waals surface area contributed by atoms with Gasteiger partial charge in [-0.1, -0.05) is 12.1 Å². The largest absolute Gasteiger partial charge is 0.374 e. The van der Waals surface area contributed by atoms with Crippen molar-refractivity contribution in [1.82, 2.24) is 4.31 Å². The fraction of sp³-hybridized carbons (Fsp3) is 0.500. The minimum absolute atomic E-state index is 0. The van der Waals surface area contributed by atoms with Crippen molar-refractivity contribution >= 4 is 28.1 Å². The van der Waals surface area contributed by atoms with Gasteiger partial charge in [0.1, 0.15) is 0 Å². The molecule has 0 spiro atoms. The van der Waals surface area contributed by atoms with E-state index in [1.54, 1.807) is 13.0 Å². The molecule has 1 fully saturated rings. The van der Waals surface area contributed by atoms with E-state index in [9.17, 15) is 18.5 Å². The lowest BCUT2D eigenvalue weighted by Crippen LogP contribution is -2.48. The van der Waals surface area contributed by atoms with Gasteiger partial charge in [-0.25, -0.2) is 8.42 Å². The lowest BCUT2D eigenvalue weighted by atomic mass is 10.2. The molecule has 0 amide bonds. The highest BCUT2D eigenvalue weighted by atomic mass is 35.5. The summed E-state index contributed by atoms with van der Waals surface area (Å²) in [5.41, 5.74) is 5.44. The number of halogens is 1. The number of hydrogen-bond donors (Lipinski definition) is 1. The number of hydrogen-bond acceptors (Lipinski definition) is 6. The van der Waals surface area contributed by atoms with Gasteiger partial charge < -0.3 is 10.5 Å². The van der Waals surface area contributed by atoms with E-state index in [1.807, 2.05) is 0 Å². The summed E-state index contributed by atoms with van der Waals surface area (Å²) in [4.78, 5) is 10.2. The Morgan fingerprint density at radius 3 is 2.77 bits per heavy atom. The lowest BCUT2D eigenvalue weighted by Gasteiger charge is -2.31. The summed E-state index contributed by atoms with van der Waals surface area (Å²) in [6, 6.07) is 4.20. The molecule has 2 rings (SSSR count). The molecule has 10 heteroatoms. The van der Waals surface area contributed by atoms with E-state index in [0.717, 1.165) is 0 Å². The summed E-state index contributed by atoms with van der Waals surface area (Å²) < 4.78 is 32.0. The summed E-state index contributed by atoms with van der Waals surface area (Å²) in [6.45, 7) is 2.22. The molecule has 1 aromatic rings. The minimum atomic E-state index is -3.96. The molecule has 1 unspecified atom stereocenters. The smallest absolute Gasteiger partial charge is 0.289 e. The zero-order chi connectivity index (χ0) is 15.6. The van der Waals surface area contributed by atoms with Crippen molar-refractivity contribution in [2.75, 3.05) is 26.2 Å². The van der Waals surface area contributed by atoms with Gasteiger partial charge in [-0.15, -0.1) is 12.4 Å². The molecule has 1 aliphatic rings. The maximum atomic E-state index is 12.7. The summed E-state index contributed by atoms with van der Waals surface area (Å²) in [5, 5.41) is 11.1. The molecule has 124 valence electrons. The molecule has 1 heterocycles. The maximum Gasteiger partial charge on any atom is 0.289 e. The van der Waals surface area contributed by atoms with E-state index < -0.39 is 26.7 Å². The van der Waals surface area contributed by atoms with Gasteiger partial charge in [-0.05, 0) is 12.5 Å². The maximum absolute atomic E-state index is 12.7. The predicted molar refractivity (Wildman–Crippen MR) is 82.6 cm³/mol. The first-order valence-corrected chi connectivity index (χ1v) is 7.87. The van der Waals surface area contributed by atoms with Gasteiger partial charge in [0.2, 0.25) is 10.0 Å². The minimum Gasteiger partial charge on any atom is -0.374 e. The van der Waals surface area contributed by atoms with Crippen LogP contribution in [0.15, 0.2) is 23.1 Å². The molecule has 2 N–H and O–H groups in total. The third-order valence-electron chi connectivity index (χ3n) is 3.35. The third kappa shape index (κ3) is 3.55. The van der Waals surface area contributed by atoms with Crippen LogP contribution < -0.4 is 5.73 Å². The van der Waals surface area contributed by atoms with Crippen LogP contribution in [0.3, 0.4) is 0 Å². The van der Waals surface area contributed by atoms with Crippen LogP contribution in [-0.2, 0) is 14.8 Å². The molecular weight excluding hydrogens is 334 g/mol. The second-order valence-corrected chi connectivity index (χ2v) is 6.65. The summed E-state index contributed by atoms with van der Waals surface area (Å²) in [6.07, 6.45) is -0.392. The summed E-state index contributed by atoms with van der Waals surface area (Å²) in [5.74, 6) is 0. The first-order valence-electron chi connectivity index (χ1n) is 6.43. The number of nitrogens with zero attached hydrogens (tertiary/aromatic N) is 2. The van der Waals surface area contributed by atoms with Crippen LogP contribution >= 0.6 is 12.4 Å². The Kier molecular flexibility index (Phi) is 6.27. The first-order chi connectivity index (χ1) is 9.87. The van der Waals surface area contributed by atoms with E-state index in [2.05, 4.69) is 0 Å². The number of morpholine rings is 1. The van der Waals surface area contributed by atoms with Crippen LogP contribution in [0, 0.1) is 17.0 Å². The number of aryl methyl sites for hydroxylation is 1. The van der Waals surface area contributed by atoms with Gasteiger partial charge in [0, 0.05) is 25.7 Å². The quantitative estimate of drug-likeness (QED) is 0.629. The van der Waals surface area contributed by atoms with Gasteiger partial charge >= 0.3 is 0 Å². The second kappa shape index (κ2) is 7.34. The summed E-state index contributed by atoms with van der Waals surface area (Å²) in [7, 11) is -3.96. The zero-order valence-corrected chi connectivity index (χ0v) is 13.6. The summed E-state index contributed by atoms with van der Waals surface area (Å²) >= 11 is 0. The molecule has 1 saturated heterocycles. The molecule has 1 aromatic carbocycles. The molecule has 0 bridgehead atoms. The van der Waals surface area contributed by atoms with E-state index in [0.29, 0.717) is 5.56 Å². The second-order valence-electron chi connectivity index (χ2n) is 4.77. The Morgan fingerprint density at radius 2 is 2.18 bits per heavy atom. The Balaban J connectivity index is 0.00000242. The van der Waals surface area contributed by atoms with Gasteiger partial charge in [0.25, 0.3) is 5.69 Å². The van der Waals surface area contributed by atoms with Crippen molar-refractivity contribution in [2.24, 2.45) is 5.73 Å². The van der Waals surface area contributed by atoms with Crippen molar-refractivity contribution in [1.29, 1.82) is 0 Å². The fourth-order valence-electron chi connectivity index (χ4n) is 2.30. The average Bonchev–Trinajstić information content (AvgIpc) is 2.46. The topological polar surface area (TPSA) is 116 Å². The lowest BCUT2D eigenvalue weighted by molar-refractivity contribution is -0.387. The van der Waals surface area contributed by atoms with Crippen LogP contribution in [0.4, 0.5) is 5.69 Å². The fourth-order valence-corrected chi connectivity index (χ4v) is 4.12. The molecular formula is C12H18ClN3O5S. The van der Waals surface area contributed by atoms with Gasteiger partial charge in [-0.2, -0.15) is 4.31 Å². The number of ether oxygens (including phenoxy) is 1. The average molecular weight is 352 g/mol. The molecule has 1 atom stereocenters. The van der Waals surface area contributed by atoms with Gasteiger partial charge in [0.15, 0.2) is 4.90 Å². The molecule has 0 aliphatic carbocycles. The number of nitro benzene ring substituents is 1. The SMILES string of the molecule is Cc1cccc([N+](=O)[O-])c1S(=O)(=O)N1CCOC(CN)C1.Cl. The van der Waals surface area contributed by atoms with Gasteiger partial charge in [0.05, 0.1) is 17.6 Å². The highest BCUT2D eigenvalue weighted by Gasteiger charge is 2.36. The molecule has 1 aliphatic heterocycles. The molecule has 0 radical (unpaired) electrons. The highest BCUT2D eigenvalue weighted by molar-refractivity contribution is 7.89. The van der Waals surface area contributed by atoms with Crippen LogP contribution in [0.2, 0.25) is 0 Å². The monoisotopic (exact) mass is 351 g/mol. The standard InChI is InChI=1S/C12H17N3O5S.ClH/c1-9-3-2-4-11(15(16)17)12(9)21(18,19)14-5-6-20-10(7-13)8-14;/h2-4,10H,5-8,13H2,1H3;1H. The van der Waals surface area contributed by atoms with E-state index >= 15 is 0 Å². The van der Waals surface area contributed by atoms with Crippen molar-refractivity contribution in [3.05, 3.63) is 33.9 Å². The van der Waals surface area contributed by atoms with E-state index in [1.165, 1.54) is 16.4 Å².